The molecule has 0 unspecified atom stereocenters. The minimum absolute atomic E-state index is 0.131. The molecule has 0 aliphatic carbocycles. The van der Waals surface area contributed by atoms with Crippen LogP contribution in [-0.4, -0.2) is 29.3 Å². The van der Waals surface area contributed by atoms with E-state index in [1.807, 2.05) is 18.2 Å². The third-order valence-electron chi connectivity index (χ3n) is 3.81. The molecular formula is C15H15NO3S. The molecule has 0 radical (unpaired) electrons. The maximum absolute atomic E-state index is 11.1. The predicted octanol–water partition coefficient (Wildman–Crippen LogP) is 2.94. The van der Waals surface area contributed by atoms with Gasteiger partial charge in [0.15, 0.2) is 5.69 Å². The molecule has 1 aliphatic rings. The van der Waals surface area contributed by atoms with Gasteiger partial charge in [-0.15, -0.1) is 11.3 Å². The number of hydrogen-bond acceptors (Lipinski definition) is 4. The molecule has 4 nitrogen and oxygen atoms in total. The lowest BCUT2D eigenvalue weighted by Gasteiger charge is -2.36. The van der Waals surface area contributed by atoms with Crippen molar-refractivity contribution in [3.63, 3.8) is 0 Å². The van der Waals surface area contributed by atoms with Crippen LogP contribution in [0, 0.1) is 0 Å². The third kappa shape index (κ3) is 2.23. The van der Waals surface area contributed by atoms with E-state index in [9.17, 15) is 4.79 Å². The summed E-state index contributed by atoms with van der Waals surface area (Å²) in [7, 11) is 0. The zero-order valence-corrected chi connectivity index (χ0v) is 11.7. The fraction of sp³-hybridized carbons (Fsp3) is 0.333. The molecule has 0 amide bonds. The van der Waals surface area contributed by atoms with E-state index >= 15 is 0 Å². The van der Waals surface area contributed by atoms with Crippen LogP contribution in [0.3, 0.4) is 0 Å². The standard InChI is InChI=1S/C15H15NO3S/c17-13(18)12-10-20-14(16-12)15(6-8-19-9-7-15)11-4-2-1-3-5-11/h1-5,10H,6-9H2,(H,17,18). The molecule has 0 spiro atoms. The maximum atomic E-state index is 11.1. The highest BCUT2D eigenvalue weighted by atomic mass is 32.1. The summed E-state index contributed by atoms with van der Waals surface area (Å²) in [6.07, 6.45) is 1.67. The van der Waals surface area contributed by atoms with Gasteiger partial charge >= 0.3 is 5.97 Å². The van der Waals surface area contributed by atoms with Crippen molar-refractivity contribution in [3.05, 3.63) is 52.0 Å². The van der Waals surface area contributed by atoms with Crippen LogP contribution in [0.1, 0.15) is 33.9 Å². The number of ether oxygens (including phenoxy) is 1. The van der Waals surface area contributed by atoms with Crippen molar-refractivity contribution in [2.24, 2.45) is 0 Å². The van der Waals surface area contributed by atoms with Gasteiger partial charge in [0, 0.05) is 18.6 Å². The number of nitrogens with zero attached hydrogens (tertiary/aromatic N) is 1. The number of aromatic carboxylic acids is 1. The molecule has 1 saturated heterocycles. The summed E-state index contributed by atoms with van der Waals surface area (Å²) in [5.41, 5.74) is 1.11. The molecule has 1 aromatic carbocycles. The summed E-state index contributed by atoms with van der Waals surface area (Å²) in [6.45, 7) is 1.35. The van der Waals surface area contributed by atoms with E-state index in [1.54, 1.807) is 5.38 Å². The van der Waals surface area contributed by atoms with Gasteiger partial charge in [-0.2, -0.15) is 0 Å². The highest BCUT2D eigenvalue weighted by Gasteiger charge is 2.39. The molecule has 1 N–H and O–H groups in total. The van der Waals surface area contributed by atoms with Crippen molar-refractivity contribution < 1.29 is 14.6 Å². The van der Waals surface area contributed by atoms with E-state index in [0.717, 1.165) is 17.8 Å². The van der Waals surface area contributed by atoms with E-state index in [1.165, 1.54) is 16.9 Å². The van der Waals surface area contributed by atoms with Gasteiger partial charge < -0.3 is 9.84 Å². The van der Waals surface area contributed by atoms with Gasteiger partial charge in [-0.25, -0.2) is 9.78 Å². The average Bonchev–Trinajstić information content (AvgIpc) is 2.99. The van der Waals surface area contributed by atoms with Crippen molar-refractivity contribution in [2.45, 2.75) is 18.3 Å². The summed E-state index contributed by atoms with van der Waals surface area (Å²) in [5.74, 6) is -0.970. The van der Waals surface area contributed by atoms with Gasteiger partial charge in [0.2, 0.25) is 0 Å². The highest BCUT2D eigenvalue weighted by molar-refractivity contribution is 7.10. The summed E-state index contributed by atoms with van der Waals surface area (Å²) >= 11 is 1.43. The monoisotopic (exact) mass is 289 g/mol. The number of thiazole rings is 1. The van der Waals surface area contributed by atoms with Crippen molar-refractivity contribution in [2.75, 3.05) is 13.2 Å². The summed E-state index contributed by atoms with van der Waals surface area (Å²) < 4.78 is 5.48. The Hall–Kier alpha value is -1.72. The number of carboxylic acids is 1. The first-order chi connectivity index (χ1) is 9.72. The molecule has 3 rings (SSSR count). The maximum Gasteiger partial charge on any atom is 0.355 e. The van der Waals surface area contributed by atoms with Crippen LogP contribution in [0.5, 0.6) is 0 Å². The molecule has 0 atom stereocenters. The molecule has 1 fully saturated rings. The topological polar surface area (TPSA) is 59.4 Å². The minimum atomic E-state index is -0.970. The molecule has 104 valence electrons. The fourth-order valence-corrected chi connectivity index (χ4v) is 3.77. The molecule has 2 heterocycles. The molecule has 0 bridgehead atoms. The lowest BCUT2D eigenvalue weighted by Crippen LogP contribution is -2.35. The van der Waals surface area contributed by atoms with Gasteiger partial charge in [-0.3, -0.25) is 0 Å². The summed E-state index contributed by atoms with van der Waals surface area (Å²) in [6, 6.07) is 10.2. The second-order valence-corrected chi connectivity index (χ2v) is 5.76. The predicted molar refractivity (Wildman–Crippen MR) is 76.3 cm³/mol. The Morgan fingerprint density at radius 2 is 1.95 bits per heavy atom. The van der Waals surface area contributed by atoms with Crippen LogP contribution in [0.2, 0.25) is 0 Å². The molecule has 1 aromatic heterocycles. The average molecular weight is 289 g/mol. The second-order valence-electron chi connectivity index (χ2n) is 4.90. The number of hydrogen-bond donors (Lipinski definition) is 1. The number of rotatable bonds is 3. The van der Waals surface area contributed by atoms with E-state index < -0.39 is 5.97 Å². The first kappa shape index (κ1) is 13.3. The first-order valence-corrected chi connectivity index (χ1v) is 7.43. The van der Waals surface area contributed by atoms with Crippen LogP contribution < -0.4 is 0 Å². The van der Waals surface area contributed by atoms with Crippen LogP contribution in [-0.2, 0) is 10.2 Å². The van der Waals surface area contributed by atoms with Gasteiger partial charge in [0.05, 0.1) is 5.41 Å². The minimum Gasteiger partial charge on any atom is -0.476 e. The molecule has 0 saturated carbocycles. The zero-order chi connectivity index (χ0) is 14.0. The lowest BCUT2D eigenvalue weighted by molar-refractivity contribution is 0.0626. The molecular weight excluding hydrogens is 274 g/mol. The van der Waals surface area contributed by atoms with Gasteiger partial charge in [0.1, 0.15) is 5.01 Å². The third-order valence-corrected chi connectivity index (χ3v) is 4.85. The van der Waals surface area contributed by atoms with E-state index in [4.69, 9.17) is 9.84 Å². The number of benzene rings is 1. The van der Waals surface area contributed by atoms with Crippen molar-refractivity contribution in [3.8, 4) is 0 Å². The smallest absolute Gasteiger partial charge is 0.355 e. The normalized spacial score (nSPS) is 17.8. The fourth-order valence-electron chi connectivity index (χ4n) is 2.69. The summed E-state index contributed by atoms with van der Waals surface area (Å²) in [5, 5.41) is 11.6. The number of carbonyl (C=O) groups is 1. The second kappa shape index (κ2) is 5.34. The quantitative estimate of drug-likeness (QED) is 0.943. The Morgan fingerprint density at radius 3 is 2.55 bits per heavy atom. The summed E-state index contributed by atoms with van der Waals surface area (Å²) in [4.78, 5) is 15.4. The largest absolute Gasteiger partial charge is 0.476 e. The Bertz CT molecular complexity index is 603. The van der Waals surface area contributed by atoms with Crippen LogP contribution in [0.25, 0.3) is 0 Å². The van der Waals surface area contributed by atoms with Crippen LogP contribution in [0.4, 0.5) is 0 Å². The molecule has 1 aliphatic heterocycles. The van der Waals surface area contributed by atoms with Gasteiger partial charge in [-0.05, 0) is 18.4 Å². The molecule has 2 aromatic rings. The van der Waals surface area contributed by atoms with E-state index in [0.29, 0.717) is 13.2 Å². The Kier molecular flexibility index (Phi) is 3.54. The Labute approximate surface area is 121 Å². The number of aromatic nitrogens is 1. The Balaban J connectivity index is 2.07. The molecule has 20 heavy (non-hydrogen) atoms. The van der Waals surface area contributed by atoms with Gasteiger partial charge in [-0.1, -0.05) is 30.3 Å². The SMILES string of the molecule is O=C(O)c1csc(C2(c3ccccc3)CCOCC2)n1. The van der Waals surface area contributed by atoms with Crippen LogP contribution >= 0.6 is 11.3 Å². The van der Waals surface area contributed by atoms with E-state index in [-0.39, 0.29) is 11.1 Å². The first-order valence-electron chi connectivity index (χ1n) is 6.55. The van der Waals surface area contributed by atoms with Crippen molar-refractivity contribution in [1.82, 2.24) is 4.98 Å². The van der Waals surface area contributed by atoms with Crippen molar-refractivity contribution >= 4 is 17.3 Å². The highest BCUT2D eigenvalue weighted by Crippen LogP contribution is 2.42. The lowest BCUT2D eigenvalue weighted by atomic mass is 9.74. The zero-order valence-electron chi connectivity index (χ0n) is 10.9. The van der Waals surface area contributed by atoms with Crippen molar-refractivity contribution in [1.29, 1.82) is 0 Å². The van der Waals surface area contributed by atoms with Crippen LogP contribution in [0.15, 0.2) is 35.7 Å². The Morgan fingerprint density at radius 1 is 1.25 bits per heavy atom. The van der Waals surface area contributed by atoms with E-state index in [2.05, 4.69) is 17.1 Å². The number of carboxylic acid groups (broad SMARTS) is 1. The molecule has 5 heteroatoms. The van der Waals surface area contributed by atoms with Gasteiger partial charge in [0.25, 0.3) is 0 Å².